The van der Waals surface area contributed by atoms with Gasteiger partial charge in [-0.25, -0.2) is 14.5 Å². The summed E-state index contributed by atoms with van der Waals surface area (Å²) in [6.45, 7) is 8.20. The second-order valence-corrected chi connectivity index (χ2v) is 9.80. The number of hydrogen-bond donors (Lipinski definition) is 2. The molecular formula is C25H27N9O3. The number of hydrogen-bond acceptors (Lipinski definition) is 9. The number of carbonyl (C=O) groups is 2. The van der Waals surface area contributed by atoms with Gasteiger partial charge in [0, 0.05) is 31.0 Å². The van der Waals surface area contributed by atoms with Gasteiger partial charge in [0.05, 0.1) is 48.0 Å². The van der Waals surface area contributed by atoms with Crippen molar-refractivity contribution in [1.29, 1.82) is 0 Å². The fourth-order valence-corrected chi connectivity index (χ4v) is 4.48. The van der Waals surface area contributed by atoms with E-state index in [0.29, 0.717) is 40.6 Å². The van der Waals surface area contributed by atoms with Crippen LogP contribution in [0.5, 0.6) is 5.88 Å². The number of rotatable bonds is 7. The smallest absolute Gasteiger partial charge is 0.278 e. The Kier molecular flexibility index (Phi) is 6.25. The second-order valence-electron chi connectivity index (χ2n) is 9.80. The molecule has 5 heterocycles. The van der Waals surface area contributed by atoms with Crippen LogP contribution in [-0.2, 0) is 4.79 Å². The Morgan fingerprint density at radius 3 is 2.70 bits per heavy atom. The summed E-state index contributed by atoms with van der Waals surface area (Å²) in [6.07, 6.45) is 6.34. The summed E-state index contributed by atoms with van der Waals surface area (Å²) in [7, 11) is 1.53. The SMILES string of the molecule is COc1ncncc1-c1ccc2c(C(=O)Nc3cc(NC(=O)CN4CC(C)(C)C4)cnc3C)nnn2c1. The summed E-state index contributed by atoms with van der Waals surface area (Å²) in [4.78, 5) is 40.1. The zero-order valence-corrected chi connectivity index (χ0v) is 21.0. The third-order valence-electron chi connectivity index (χ3n) is 6.10. The maximum absolute atomic E-state index is 13.1. The average molecular weight is 502 g/mol. The third-order valence-corrected chi connectivity index (χ3v) is 6.10. The Labute approximate surface area is 213 Å². The molecule has 1 saturated heterocycles. The molecule has 0 aromatic carbocycles. The molecule has 1 aliphatic rings. The first kappa shape index (κ1) is 24.3. The van der Waals surface area contributed by atoms with E-state index in [-0.39, 0.29) is 17.0 Å². The van der Waals surface area contributed by atoms with E-state index in [1.165, 1.54) is 18.0 Å². The number of pyridine rings is 2. The lowest BCUT2D eigenvalue weighted by molar-refractivity contribution is -0.120. The zero-order valence-electron chi connectivity index (χ0n) is 21.0. The predicted molar refractivity (Wildman–Crippen MR) is 136 cm³/mol. The Morgan fingerprint density at radius 1 is 1.14 bits per heavy atom. The van der Waals surface area contributed by atoms with E-state index in [9.17, 15) is 9.59 Å². The van der Waals surface area contributed by atoms with Gasteiger partial charge in [-0.1, -0.05) is 25.1 Å². The van der Waals surface area contributed by atoms with Crippen LogP contribution in [0.1, 0.15) is 30.0 Å². The van der Waals surface area contributed by atoms with Crippen LogP contribution < -0.4 is 15.4 Å². The van der Waals surface area contributed by atoms with Crippen molar-refractivity contribution in [2.24, 2.45) is 5.41 Å². The van der Waals surface area contributed by atoms with Gasteiger partial charge in [0.2, 0.25) is 11.8 Å². The number of anilines is 2. The van der Waals surface area contributed by atoms with E-state index in [2.05, 4.69) is 54.6 Å². The van der Waals surface area contributed by atoms with Gasteiger partial charge in [-0.15, -0.1) is 5.10 Å². The number of ether oxygens (including phenoxy) is 1. The van der Waals surface area contributed by atoms with Crippen molar-refractivity contribution in [3.05, 3.63) is 54.5 Å². The number of amides is 2. The van der Waals surface area contributed by atoms with Crippen molar-refractivity contribution in [2.75, 3.05) is 37.4 Å². The lowest BCUT2D eigenvalue weighted by Gasteiger charge is -2.45. The Morgan fingerprint density at radius 2 is 1.95 bits per heavy atom. The molecule has 0 unspecified atom stereocenters. The van der Waals surface area contributed by atoms with E-state index in [4.69, 9.17) is 4.74 Å². The van der Waals surface area contributed by atoms with Gasteiger partial charge in [-0.3, -0.25) is 19.5 Å². The molecule has 5 rings (SSSR count). The van der Waals surface area contributed by atoms with Crippen LogP contribution in [0.3, 0.4) is 0 Å². The van der Waals surface area contributed by atoms with Crippen LogP contribution in [0.15, 0.2) is 43.1 Å². The van der Waals surface area contributed by atoms with Gasteiger partial charge in [0.25, 0.3) is 5.91 Å². The topological polar surface area (TPSA) is 140 Å². The minimum absolute atomic E-state index is 0.126. The summed E-state index contributed by atoms with van der Waals surface area (Å²) in [6, 6.07) is 5.25. The normalized spacial score (nSPS) is 14.7. The van der Waals surface area contributed by atoms with E-state index in [0.717, 1.165) is 18.7 Å². The molecule has 12 heteroatoms. The van der Waals surface area contributed by atoms with Crippen LogP contribution in [-0.4, -0.2) is 73.2 Å². The first-order valence-corrected chi connectivity index (χ1v) is 11.7. The van der Waals surface area contributed by atoms with Crippen molar-refractivity contribution in [2.45, 2.75) is 20.8 Å². The lowest BCUT2D eigenvalue weighted by atomic mass is 9.84. The minimum Gasteiger partial charge on any atom is -0.480 e. The van der Waals surface area contributed by atoms with E-state index < -0.39 is 5.91 Å². The quantitative estimate of drug-likeness (QED) is 0.391. The molecule has 1 aliphatic heterocycles. The van der Waals surface area contributed by atoms with Crippen LogP contribution in [0.2, 0.25) is 0 Å². The van der Waals surface area contributed by atoms with Crippen LogP contribution in [0.25, 0.3) is 16.6 Å². The van der Waals surface area contributed by atoms with Gasteiger partial charge in [-0.2, -0.15) is 0 Å². The van der Waals surface area contributed by atoms with Crippen molar-refractivity contribution in [3.63, 3.8) is 0 Å². The van der Waals surface area contributed by atoms with Crippen molar-refractivity contribution >= 4 is 28.7 Å². The molecule has 0 spiro atoms. The maximum atomic E-state index is 13.1. The molecule has 4 aromatic rings. The number of nitrogens with one attached hydrogen (secondary N) is 2. The fourth-order valence-electron chi connectivity index (χ4n) is 4.48. The van der Waals surface area contributed by atoms with Crippen molar-refractivity contribution in [1.82, 2.24) is 34.7 Å². The molecule has 37 heavy (non-hydrogen) atoms. The van der Waals surface area contributed by atoms with Crippen LogP contribution in [0, 0.1) is 12.3 Å². The molecule has 0 aliphatic carbocycles. The molecule has 190 valence electrons. The van der Waals surface area contributed by atoms with Gasteiger partial charge in [0.1, 0.15) is 6.33 Å². The van der Waals surface area contributed by atoms with Crippen LogP contribution >= 0.6 is 0 Å². The van der Waals surface area contributed by atoms with Gasteiger partial charge >= 0.3 is 0 Å². The number of nitrogens with zero attached hydrogens (tertiary/aromatic N) is 7. The highest BCUT2D eigenvalue weighted by molar-refractivity contribution is 6.08. The van der Waals surface area contributed by atoms with E-state index in [1.807, 2.05) is 6.07 Å². The number of carbonyl (C=O) groups excluding carboxylic acids is 2. The van der Waals surface area contributed by atoms with Crippen molar-refractivity contribution in [3.8, 4) is 17.0 Å². The highest BCUT2D eigenvalue weighted by atomic mass is 16.5. The van der Waals surface area contributed by atoms with Gasteiger partial charge in [0.15, 0.2) is 5.69 Å². The fraction of sp³-hybridized carbons (Fsp3) is 0.320. The number of aromatic nitrogens is 6. The first-order chi connectivity index (χ1) is 17.7. The molecular weight excluding hydrogens is 474 g/mol. The summed E-state index contributed by atoms with van der Waals surface area (Å²) >= 11 is 0. The van der Waals surface area contributed by atoms with Crippen molar-refractivity contribution < 1.29 is 14.3 Å². The molecule has 12 nitrogen and oxygen atoms in total. The summed E-state index contributed by atoms with van der Waals surface area (Å²) < 4.78 is 6.82. The molecule has 1 fully saturated rings. The third kappa shape index (κ3) is 5.09. The number of fused-ring (bicyclic) bond motifs is 1. The molecule has 2 amide bonds. The summed E-state index contributed by atoms with van der Waals surface area (Å²) in [5.74, 6) is -0.144. The molecule has 0 atom stereocenters. The summed E-state index contributed by atoms with van der Waals surface area (Å²) in [5.41, 5.74) is 3.94. The number of aryl methyl sites for hydroxylation is 1. The summed E-state index contributed by atoms with van der Waals surface area (Å²) in [5, 5.41) is 13.9. The monoisotopic (exact) mass is 501 g/mol. The van der Waals surface area contributed by atoms with Gasteiger partial charge < -0.3 is 15.4 Å². The van der Waals surface area contributed by atoms with E-state index >= 15 is 0 Å². The maximum Gasteiger partial charge on any atom is 0.278 e. The molecule has 0 bridgehead atoms. The zero-order chi connectivity index (χ0) is 26.2. The second kappa shape index (κ2) is 9.54. The molecule has 0 saturated carbocycles. The highest BCUT2D eigenvalue weighted by Crippen LogP contribution is 2.29. The van der Waals surface area contributed by atoms with Gasteiger partial charge in [-0.05, 0) is 24.5 Å². The Bertz CT molecular complexity index is 1490. The Balaban J connectivity index is 1.30. The molecule has 0 radical (unpaired) electrons. The minimum atomic E-state index is -0.445. The van der Waals surface area contributed by atoms with Crippen LogP contribution in [0.4, 0.5) is 11.4 Å². The number of methoxy groups -OCH3 is 1. The first-order valence-electron chi connectivity index (χ1n) is 11.7. The Hall–Kier alpha value is -4.45. The number of likely N-dealkylation sites (tertiary alicyclic amines) is 1. The standard InChI is InChI=1S/C25H27N9O3/c1-15-19(7-17(8-27-15)29-21(35)11-33-12-25(2,3)13-33)30-23(36)22-20-6-5-16(10-34(20)32-31-22)18-9-26-14-28-24(18)37-4/h5-10,14H,11-13H2,1-4H3,(H,29,35)(H,30,36). The lowest BCUT2D eigenvalue weighted by Crippen LogP contribution is -2.54. The highest BCUT2D eigenvalue weighted by Gasteiger charge is 2.34. The largest absolute Gasteiger partial charge is 0.480 e. The predicted octanol–water partition coefficient (Wildman–Crippen LogP) is 2.43. The molecule has 4 aromatic heterocycles. The van der Waals surface area contributed by atoms with E-state index in [1.54, 1.807) is 37.6 Å². The molecule has 2 N–H and O–H groups in total. The average Bonchev–Trinajstić information content (AvgIpc) is 3.28.